The zero-order chi connectivity index (χ0) is 5.91. The molecule has 0 aromatic carbocycles. The van der Waals surface area contributed by atoms with Crippen LogP contribution in [0.15, 0.2) is 0 Å². The van der Waals surface area contributed by atoms with Crippen LogP contribution in [-0.4, -0.2) is 16.1 Å². The van der Waals surface area contributed by atoms with Crippen LogP contribution < -0.4 is 0 Å². The first kappa shape index (κ1) is 7.14. The standard InChI is InChI=1S/C4H12O2Si/c1-4(2,3)5-6-7/h1-3,7H3. The SMILES string of the molecule is CC(C)(C)OO[SiH3]. The van der Waals surface area contributed by atoms with E-state index in [-0.39, 0.29) is 5.60 Å². The van der Waals surface area contributed by atoms with Crippen molar-refractivity contribution in [3.05, 3.63) is 0 Å². The van der Waals surface area contributed by atoms with Crippen LogP contribution in [0.1, 0.15) is 20.8 Å². The van der Waals surface area contributed by atoms with E-state index in [1.807, 2.05) is 20.8 Å². The Labute approximate surface area is 47.3 Å². The monoisotopic (exact) mass is 120 g/mol. The molecule has 0 amide bonds. The van der Waals surface area contributed by atoms with Crippen molar-refractivity contribution in [2.45, 2.75) is 26.4 Å². The van der Waals surface area contributed by atoms with Crippen LogP contribution in [-0.2, 0) is 9.46 Å². The molecular weight excluding hydrogens is 108 g/mol. The molecule has 0 aromatic rings. The highest BCUT2D eigenvalue weighted by molar-refractivity contribution is 5.97. The van der Waals surface area contributed by atoms with E-state index in [1.54, 1.807) is 0 Å². The fourth-order valence-corrected chi connectivity index (χ4v) is 0.750. The average Bonchev–Trinajstić information content (AvgIpc) is 1.30. The third kappa shape index (κ3) is 6.14. The molecule has 7 heavy (non-hydrogen) atoms. The first-order chi connectivity index (χ1) is 3.06. The summed E-state index contributed by atoms with van der Waals surface area (Å²) in [4.78, 5) is 4.79. The summed E-state index contributed by atoms with van der Waals surface area (Å²) in [7, 11) is 0.648. The van der Waals surface area contributed by atoms with Gasteiger partial charge in [-0.1, -0.05) is 0 Å². The Morgan fingerprint density at radius 1 is 1.29 bits per heavy atom. The summed E-state index contributed by atoms with van der Waals surface area (Å²) in [5.41, 5.74) is -0.137. The summed E-state index contributed by atoms with van der Waals surface area (Å²) in [6, 6.07) is 0. The molecular formula is C4H12O2Si. The molecule has 0 unspecified atom stereocenters. The van der Waals surface area contributed by atoms with Gasteiger partial charge >= 0.3 is 0 Å². The Hall–Kier alpha value is 0.137. The molecule has 0 aliphatic heterocycles. The van der Waals surface area contributed by atoms with Crippen LogP contribution in [0.3, 0.4) is 0 Å². The van der Waals surface area contributed by atoms with Gasteiger partial charge in [0.15, 0.2) is 10.5 Å². The average molecular weight is 120 g/mol. The van der Waals surface area contributed by atoms with Crippen molar-refractivity contribution >= 4 is 10.5 Å². The van der Waals surface area contributed by atoms with Gasteiger partial charge in [0.25, 0.3) is 0 Å². The van der Waals surface area contributed by atoms with Crippen LogP contribution in [0, 0.1) is 0 Å². The molecule has 0 saturated carbocycles. The molecule has 0 aromatic heterocycles. The highest BCUT2D eigenvalue weighted by Gasteiger charge is 2.08. The molecule has 0 radical (unpaired) electrons. The third-order valence-electron chi connectivity index (χ3n) is 0.333. The summed E-state index contributed by atoms with van der Waals surface area (Å²) < 4.78 is 4.55. The predicted octanol–water partition coefficient (Wildman–Crippen LogP) is 0.0135. The molecule has 0 aliphatic carbocycles. The third-order valence-corrected chi connectivity index (χ3v) is 0.500. The highest BCUT2D eigenvalue weighted by atomic mass is 28.2. The Morgan fingerprint density at radius 3 is 1.71 bits per heavy atom. The van der Waals surface area contributed by atoms with Gasteiger partial charge in [0.1, 0.15) is 0 Å². The van der Waals surface area contributed by atoms with E-state index in [1.165, 1.54) is 0 Å². The largest absolute Gasteiger partial charge is 0.298 e. The van der Waals surface area contributed by atoms with Gasteiger partial charge in [0.2, 0.25) is 0 Å². The van der Waals surface area contributed by atoms with Crippen LogP contribution in [0.4, 0.5) is 0 Å². The maximum absolute atomic E-state index is 4.79. The number of rotatable bonds is 1. The van der Waals surface area contributed by atoms with E-state index in [0.717, 1.165) is 0 Å². The van der Waals surface area contributed by atoms with Crippen LogP contribution in [0.5, 0.6) is 0 Å². The van der Waals surface area contributed by atoms with Crippen LogP contribution >= 0.6 is 0 Å². The summed E-state index contributed by atoms with van der Waals surface area (Å²) in [5.74, 6) is 0. The van der Waals surface area contributed by atoms with Gasteiger partial charge in [-0.3, -0.25) is 4.58 Å². The van der Waals surface area contributed by atoms with Crippen LogP contribution in [0.25, 0.3) is 0 Å². The van der Waals surface area contributed by atoms with Gasteiger partial charge in [0, 0.05) is 0 Å². The molecule has 3 heteroatoms. The molecule has 0 heterocycles. The predicted molar refractivity (Wildman–Crippen MR) is 31.9 cm³/mol. The Morgan fingerprint density at radius 2 is 1.71 bits per heavy atom. The molecule has 0 aliphatic rings. The van der Waals surface area contributed by atoms with Crippen molar-refractivity contribution in [2.75, 3.05) is 0 Å². The highest BCUT2D eigenvalue weighted by Crippen LogP contribution is 2.04. The number of hydrogen-bond acceptors (Lipinski definition) is 2. The molecule has 0 rings (SSSR count). The summed E-state index contributed by atoms with van der Waals surface area (Å²) in [5, 5.41) is 0. The zero-order valence-corrected chi connectivity index (χ0v) is 7.32. The van der Waals surface area contributed by atoms with Gasteiger partial charge in [-0.15, -0.1) is 0 Å². The van der Waals surface area contributed by atoms with Gasteiger partial charge in [-0.2, -0.15) is 0 Å². The molecule has 0 N–H and O–H groups in total. The van der Waals surface area contributed by atoms with E-state index >= 15 is 0 Å². The maximum Gasteiger partial charge on any atom is 0.193 e. The number of hydrogen-bond donors (Lipinski definition) is 0. The Kier molecular flexibility index (Phi) is 2.49. The minimum Gasteiger partial charge on any atom is -0.298 e. The Bertz CT molecular complexity index is 48.1. The van der Waals surface area contributed by atoms with Gasteiger partial charge in [-0.25, -0.2) is 4.89 Å². The molecule has 2 nitrogen and oxygen atoms in total. The first-order valence-electron chi connectivity index (χ1n) is 2.28. The van der Waals surface area contributed by atoms with E-state index in [2.05, 4.69) is 4.58 Å². The summed E-state index contributed by atoms with van der Waals surface area (Å²) in [6.07, 6.45) is 0. The van der Waals surface area contributed by atoms with Gasteiger partial charge in [0.05, 0.1) is 5.60 Å². The molecule has 0 saturated heterocycles. The quantitative estimate of drug-likeness (QED) is 0.276. The zero-order valence-electron chi connectivity index (χ0n) is 5.32. The van der Waals surface area contributed by atoms with E-state index in [9.17, 15) is 0 Å². The summed E-state index contributed by atoms with van der Waals surface area (Å²) in [6.45, 7) is 5.85. The van der Waals surface area contributed by atoms with Crippen molar-refractivity contribution in [3.63, 3.8) is 0 Å². The van der Waals surface area contributed by atoms with Crippen molar-refractivity contribution in [1.82, 2.24) is 0 Å². The lowest BCUT2D eigenvalue weighted by Gasteiger charge is -2.15. The summed E-state index contributed by atoms with van der Waals surface area (Å²) >= 11 is 0. The lowest BCUT2D eigenvalue weighted by molar-refractivity contribution is -0.273. The van der Waals surface area contributed by atoms with Crippen molar-refractivity contribution in [1.29, 1.82) is 0 Å². The second kappa shape index (κ2) is 2.45. The van der Waals surface area contributed by atoms with Crippen molar-refractivity contribution in [2.24, 2.45) is 0 Å². The lowest BCUT2D eigenvalue weighted by Crippen LogP contribution is -2.18. The second-order valence-electron chi connectivity index (χ2n) is 2.36. The fraction of sp³-hybridized carbons (Fsp3) is 1.00. The van der Waals surface area contributed by atoms with Gasteiger partial charge < -0.3 is 0 Å². The molecule has 0 bridgehead atoms. The van der Waals surface area contributed by atoms with Crippen molar-refractivity contribution in [3.8, 4) is 0 Å². The molecule has 0 spiro atoms. The van der Waals surface area contributed by atoms with E-state index in [4.69, 9.17) is 4.89 Å². The molecule has 0 atom stereocenters. The maximum atomic E-state index is 4.79. The molecule has 44 valence electrons. The fourth-order valence-electron chi connectivity index (χ4n) is 0.250. The Balaban J connectivity index is 3.15. The minimum atomic E-state index is -0.137. The van der Waals surface area contributed by atoms with Gasteiger partial charge in [-0.05, 0) is 20.8 Å². The van der Waals surface area contributed by atoms with E-state index < -0.39 is 0 Å². The molecule has 0 fully saturated rings. The van der Waals surface area contributed by atoms with Crippen molar-refractivity contribution < 1.29 is 9.46 Å². The lowest BCUT2D eigenvalue weighted by atomic mass is 10.2. The van der Waals surface area contributed by atoms with Crippen LogP contribution in [0.2, 0.25) is 0 Å². The first-order valence-corrected chi connectivity index (χ1v) is 3.10. The normalized spacial score (nSPS) is 12.4. The smallest absolute Gasteiger partial charge is 0.193 e. The van der Waals surface area contributed by atoms with E-state index in [0.29, 0.717) is 10.5 Å². The second-order valence-corrected chi connectivity index (χ2v) is 2.70. The minimum absolute atomic E-state index is 0.137. The topological polar surface area (TPSA) is 18.5 Å².